The van der Waals surface area contributed by atoms with Crippen LogP contribution < -0.4 is 0 Å². The number of aromatic nitrogens is 4. The minimum Gasteiger partial charge on any atom is -0.359 e. The van der Waals surface area contributed by atoms with Crippen LogP contribution in [0.4, 0.5) is 0 Å². The van der Waals surface area contributed by atoms with Gasteiger partial charge in [0.05, 0.1) is 12.2 Å². The first-order chi connectivity index (χ1) is 12.0. The summed E-state index contributed by atoms with van der Waals surface area (Å²) in [6.45, 7) is 4.43. The predicted octanol–water partition coefficient (Wildman–Crippen LogP) is 2.87. The SMILES string of the molecule is CC(C)c1cc(C(=O)N(C)Cc2cc(-c3ccncc3)no2)n(C)n1. The molecule has 7 heteroatoms. The van der Waals surface area contributed by atoms with Gasteiger partial charge >= 0.3 is 0 Å². The Morgan fingerprint density at radius 1 is 1.28 bits per heavy atom. The molecule has 0 aliphatic carbocycles. The van der Waals surface area contributed by atoms with E-state index < -0.39 is 0 Å². The van der Waals surface area contributed by atoms with Crippen molar-refractivity contribution in [3.63, 3.8) is 0 Å². The number of nitrogens with zero attached hydrogens (tertiary/aromatic N) is 5. The minimum atomic E-state index is -0.108. The third-order valence-corrected chi connectivity index (χ3v) is 3.98. The Kier molecular flexibility index (Phi) is 4.65. The molecule has 0 saturated heterocycles. The van der Waals surface area contributed by atoms with Crippen LogP contribution in [0.5, 0.6) is 0 Å². The summed E-state index contributed by atoms with van der Waals surface area (Å²) >= 11 is 0. The van der Waals surface area contributed by atoms with Gasteiger partial charge in [-0.05, 0) is 24.1 Å². The Labute approximate surface area is 146 Å². The van der Waals surface area contributed by atoms with Crippen LogP contribution in [-0.2, 0) is 13.6 Å². The molecule has 0 spiro atoms. The molecule has 0 saturated carbocycles. The Balaban J connectivity index is 1.73. The quantitative estimate of drug-likeness (QED) is 0.714. The predicted molar refractivity (Wildman–Crippen MR) is 92.8 cm³/mol. The van der Waals surface area contributed by atoms with Crippen molar-refractivity contribution < 1.29 is 9.32 Å². The summed E-state index contributed by atoms with van der Waals surface area (Å²) in [4.78, 5) is 18.3. The third kappa shape index (κ3) is 3.60. The molecule has 0 radical (unpaired) electrons. The second kappa shape index (κ2) is 6.88. The molecule has 3 rings (SSSR count). The van der Waals surface area contributed by atoms with Crippen LogP contribution in [0.1, 0.15) is 41.7 Å². The van der Waals surface area contributed by atoms with Crippen molar-refractivity contribution in [2.24, 2.45) is 7.05 Å². The first-order valence-electron chi connectivity index (χ1n) is 8.11. The van der Waals surface area contributed by atoms with Crippen LogP contribution >= 0.6 is 0 Å². The summed E-state index contributed by atoms with van der Waals surface area (Å²) in [5.74, 6) is 0.785. The van der Waals surface area contributed by atoms with Crippen molar-refractivity contribution in [3.8, 4) is 11.3 Å². The summed E-state index contributed by atoms with van der Waals surface area (Å²) < 4.78 is 6.98. The Morgan fingerprint density at radius 2 is 2.00 bits per heavy atom. The van der Waals surface area contributed by atoms with Crippen LogP contribution in [0.2, 0.25) is 0 Å². The number of amides is 1. The second-order valence-corrected chi connectivity index (χ2v) is 6.31. The van der Waals surface area contributed by atoms with Crippen molar-refractivity contribution in [2.75, 3.05) is 7.05 Å². The molecule has 3 aromatic heterocycles. The van der Waals surface area contributed by atoms with Crippen LogP contribution in [0, 0.1) is 0 Å². The highest BCUT2D eigenvalue weighted by atomic mass is 16.5. The van der Waals surface area contributed by atoms with Crippen molar-refractivity contribution in [3.05, 3.63) is 53.8 Å². The number of hydrogen-bond donors (Lipinski definition) is 0. The molecule has 130 valence electrons. The van der Waals surface area contributed by atoms with Crippen LogP contribution in [0.15, 0.2) is 41.2 Å². The smallest absolute Gasteiger partial charge is 0.272 e. The highest BCUT2D eigenvalue weighted by Gasteiger charge is 2.20. The van der Waals surface area contributed by atoms with E-state index in [1.165, 1.54) is 0 Å². The Morgan fingerprint density at radius 3 is 2.64 bits per heavy atom. The summed E-state index contributed by atoms with van der Waals surface area (Å²) in [5, 5.41) is 8.45. The number of carbonyl (C=O) groups is 1. The first kappa shape index (κ1) is 16.9. The van der Waals surface area contributed by atoms with Gasteiger partial charge in [0.1, 0.15) is 11.4 Å². The van der Waals surface area contributed by atoms with Gasteiger partial charge in [-0.1, -0.05) is 19.0 Å². The number of carbonyl (C=O) groups excluding carboxylic acids is 1. The van der Waals surface area contributed by atoms with E-state index in [9.17, 15) is 4.79 Å². The maximum absolute atomic E-state index is 12.7. The van der Waals surface area contributed by atoms with E-state index in [0.29, 0.717) is 18.0 Å². The lowest BCUT2D eigenvalue weighted by molar-refractivity contribution is 0.0761. The van der Waals surface area contributed by atoms with E-state index in [2.05, 4.69) is 29.1 Å². The van der Waals surface area contributed by atoms with E-state index in [1.54, 1.807) is 36.1 Å². The van der Waals surface area contributed by atoms with Crippen LogP contribution in [0.3, 0.4) is 0 Å². The van der Waals surface area contributed by atoms with Crippen LogP contribution in [0.25, 0.3) is 11.3 Å². The van der Waals surface area contributed by atoms with Gasteiger partial charge in [-0.25, -0.2) is 0 Å². The summed E-state index contributed by atoms with van der Waals surface area (Å²) in [6.07, 6.45) is 3.40. The summed E-state index contributed by atoms with van der Waals surface area (Å²) in [6, 6.07) is 7.40. The van der Waals surface area contributed by atoms with Gasteiger partial charge < -0.3 is 9.42 Å². The van der Waals surface area contributed by atoms with Crippen LogP contribution in [-0.4, -0.2) is 37.8 Å². The van der Waals surface area contributed by atoms with E-state index in [1.807, 2.05) is 24.3 Å². The molecular formula is C18H21N5O2. The number of hydrogen-bond acceptors (Lipinski definition) is 5. The summed E-state index contributed by atoms with van der Waals surface area (Å²) in [7, 11) is 3.52. The Bertz CT molecular complexity index is 867. The largest absolute Gasteiger partial charge is 0.359 e. The fourth-order valence-corrected chi connectivity index (χ4v) is 2.52. The maximum Gasteiger partial charge on any atom is 0.272 e. The molecule has 0 atom stereocenters. The molecule has 0 unspecified atom stereocenters. The second-order valence-electron chi connectivity index (χ2n) is 6.31. The lowest BCUT2D eigenvalue weighted by Crippen LogP contribution is -2.27. The van der Waals surface area contributed by atoms with Gasteiger partial charge in [0.15, 0.2) is 5.76 Å². The Hall–Kier alpha value is -2.96. The number of rotatable bonds is 5. The molecular weight excluding hydrogens is 318 g/mol. The van der Waals surface area contributed by atoms with Crippen molar-refractivity contribution in [1.29, 1.82) is 0 Å². The molecule has 3 heterocycles. The summed E-state index contributed by atoms with van der Waals surface area (Å²) in [5.41, 5.74) is 3.10. The lowest BCUT2D eigenvalue weighted by atomic mass is 10.1. The highest BCUT2D eigenvalue weighted by Crippen LogP contribution is 2.20. The number of aryl methyl sites for hydroxylation is 1. The monoisotopic (exact) mass is 339 g/mol. The van der Waals surface area contributed by atoms with Gasteiger partial charge in [0, 0.05) is 38.1 Å². The molecule has 25 heavy (non-hydrogen) atoms. The maximum atomic E-state index is 12.7. The lowest BCUT2D eigenvalue weighted by Gasteiger charge is -2.14. The molecule has 0 aliphatic rings. The third-order valence-electron chi connectivity index (χ3n) is 3.98. The minimum absolute atomic E-state index is 0.108. The van der Waals surface area contributed by atoms with Gasteiger partial charge in [0.25, 0.3) is 5.91 Å². The topological polar surface area (TPSA) is 77.0 Å². The normalized spacial score (nSPS) is 11.1. The zero-order valence-electron chi connectivity index (χ0n) is 14.8. The van der Waals surface area contributed by atoms with Gasteiger partial charge in [-0.15, -0.1) is 0 Å². The standard InChI is InChI=1S/C18H21N5O2/c1-12(2)15-10-17(23(4)20-15)18(24)22(3)11-14-9-16(21-25-14)13-5-7-19-8-6-13/h5-10,12H,11H2,1-4H3. The molecule has 0 N–H and O–H groups in total. The molecule has 1 amide bonds. The highest BCUT2D eigenvalue weighted by molar-refractivity contribution is 5.92. The van der Waals surface area contributed by atoms with E-state index in [0.717, 1.165) is 17.0 Å². The first-order valence-corrected chi connectivity index (χ1v) is 8.11. The molecule has 0 bridgehead atoms. The fraction of sp³-hybridized carbons (Fsp3) is 0.333. The fourth-order valence-electron chi connectivity index (χ4n) is 2.52. The van der Waals surface area contributed by atoms with Crippen molar-refractivity contribution >= 4 is 5.91 Å². The molecule has 0 aliphatic heterocycles. The zero-order chi connectivity index (χ0) is 18.0. The molecule has 7 nitrogen and oxygen atoms in total. The molecule has 3 aromatic rings. The van der Waals surface area contributed by atoms with E-state index in [4.69, 9.17) is 4.52 Å². The van der Waals surface area contributed by atoms with Gasteiger partial charge in [0.2, 0.25) is 0 Å². The van der Waals surface area contributed by atoms with Crippen molar-refractivity contribution in [1.82, 2.24) is 24.8 Å². The zero-order valence-corrected chi connectivity index (χ0v) is 14.8. The average Bonchev–Trinajstić information content (AvgIpc) is 3.22. The van der Waals surface area contributed by atoms with E-state index in [-0.39, 0.29) is 11.8 Å². The molecule has 0 aromatic carbocycles. The molecule has 0 fully saturated rings. The van der Waals surface area contributed by atoms with Gasteiger partial charge in [-0.2, -0.15) is 5.10 Å². The van der Waals surface area contributed by atoms with Crippen molar-refractivity contribution in [2.45, 2.75) is 26.3 Å². The van der Waals surface area contributed by atoms with E-state index >= 15 is 0 Å². The number of pyridine rings is 1. The average molecular weight is 339 g/mol. The van der Waals surface area contributed by atoms with Gasteiger partial charge in [-0.3, -0.25) is 14.5 Å².